The van der Waals surface area contributed by atoms with Gasteiger partial charge in [-0.3, -0.25) is 0 Å². The Balaban J connectivity index is 2.88. The molecule has 1 aromatic rings. The second-order valence-corrected chi connectivity index (χ2v) is 2.77. The van der Waals surface area contributed by atoms with Crippen molar-refractivity contribution in [1.82, 2.24) is 0 Å². The third-order valence-electron chi connectivity index (χ3n) is 1.70. The maximum Gasteiger partial charge on any atom is 0.257 e. The van der Waals surface area contributed by atoms with Gasteiger partial charge in [-0.2, -0.15) is 0 Å². The van der Waals surface area contributed by atoms with E-state index in [-0.39, 0.29) is 0 Å². The molecule has 66 valence electrons. The predicted molar refractivity (Wildman–Crippen MR) is 44.1 cm³/mol. The third-order valence-corrected chi connectivity index (χ3v) is 1.70. The number of halogens is 2. The summed E-state index contributed by atoms with van der Waals surface area (Å²) in [7, 11) is 0. The topological polar surface area (TPSA) is 26.0 Å². The summed E-state index contributed by atoms with van der Waals surface area (Å²) in [4.78, 5) is 0. The van der Waals surface area contributed by atoms with E-state index in [9.17, 15) is 8.78 Å². The van der Waals surface area contributed by atoms with Crippen molar-refractivity contribution >= 4 is 0 Å². The zero-order chi connectivity index (χ0) is 9.14. The zero-order valence-corrected chi connectivity index (χ0v) is 6.80. The highest BCUT2D eigenvalue weighted by molar-refractivity contribution is 5.25. The largest absolute Gasteiger partial charge is 0.319 e. The molecule has 0 amide bonds. The van der Waals surface area contributed by atoms with Crippen LogP contribution in [0.25, 0.3) is 0 Å². The first-order chi connectivity index (χ1) is 5.61. The summed E-state index contributed by atoms with van der Waals surface area (Å²) in [5.41, 5.74) is 6.70. The Morgan fingerprint density at radius 1 is 1.33 bits per heavy atom. The first-order valence-corrected chi connectivity index (χ1v) is 3.71. The lowest BCUT2D eigenvalue weighted by molar-refractivity contribution is 0.116. The van der Waals surface area contributed by atoms with Crippen LogP contribution in [-0.4, -0.2) is 6.43 Å². The monoisotopic (exact) mass is 171 g/mol. The molecule has 0 fully saturated rings. The van der Waals surface area contributed by atoms with E-state index in [1.54, 1.807) is 18.2 Å². The predicted octanol–water partition coefficient (Wildman–Crippen LogP) is 2.26. The molecule has 0 aliphatic rings. The van der Waals surface area contributed by atoms with Crippen molar-refractivity contribution in [2.24, 2.45) is 5.73 Å². The normalized spacial score (nSPS) is 13.4. The Hall–Kier alpha value is -0.960. The van der Waals surface area contributed by atoms with Crippen molar-refractivity contribution in [1.29, 1.82) is 0 Å². The Morgan fingerprint density at radius 3 is 2.50 bits per heavy atom. The molecule has 0 bridgehead atoms. The molecule has 0 heterocycles. The minimum Gasteiger partial charge on any atom is -0.319 e. The molecule has 0 aromatic heterocycles. The van der Waals surface area contributed by atoms with Crippen molar-refractivity contribution in [2.75, 3.05) is 0 Å². The van der Waals surface area contributed by atoms with Gasteiger partial charge >= 0.3 is 0 Å². The SMILES string of the molecule is Cc1cccc([C@@H](N)C(F)F)c1. The Kier molecular flexibility index (Phi) is 2.76. The fourth-order valence-electron chi connectivity index (χ4n) is 1.02. The average molecular weight is 171 g/mol. The molecule has 1 atom stereocenters. The fraction of sp³-hybridized carbons (Fsp3) is 0.333. The number of alkyl halides is 2. The highest BCUT2D eigenvalue weighted by Crippen LogP contribution is 2.18. The molecule has 0 saturated carbocycles. The van der Waals surface area contributed by atoms with Crippen LogP contribution in [-0.2, 0) is 0 Å². The molecule has 12 heavy (non-hydrogen) atoms. The highest BCUT2D eigenvalue weighted by Gasteiger charge is 2.16. The van der Waals surface area contributed by atoms with Gasteiger partial charge in [0.1, 0.15) is 0 Å². The molecule has 0 aliphatic carbocycles. The Labute approximate surface area is 70.2 Å². The van der Waals surface area contributed by atoms with Crippen LogP contribution in [0.4, 0.5) is 8.78 Å². The van der Waals surface area contributed by atoms with E-state index in [0.29, 0.717) is 5.56 Å². The maximum atomic E-state index is 12.1. The molecule has 1 nitrogen and oxygen atoms in total. The molecule has 0 aliphatic heterocycles. The highest BCUT2D eigenvalue weighted by atomic mass is 19.3. The summed E-state index contributed by atoms with van der Waals surface area (Å²) in [5, 5.41) is 0. The zero-order valence-electron chi connectivity index (χ0n) is 6.80. The first-order valence-electron chi connectivity index (χ1n) is 3.71. The number of hydrogen-bond acceptors (Lipinski definition) is 1. The van der Waals surface area contributed by atoms with Gasteiger partial charge in [-0.25, -0.2) is 8.78 Å². The number of nitrogens with two attached hydrogens (primary N) is 1. The lowest BCUT2D eigenvalue weighted by atomic mass is 10.1. The van der Waals surface area contributed by atoms with Gasteiger partial charge in [0.05, 0.1) is 6.04 Å². The molecule has 0 spiro atoms. The van der Waals surface area contributed by atoms with E-state index in [0.717, 1.165) is 5.56 Å². The third kappa shape index (κ3) is 2.01. The van der Waals surface area contributed by atoms with E-state index in [2.05, 4.69) is 0 Å². The van der Waals surface area contributed by atoms with Gasteiger partial charge in [-0.1, -0.05) is 29.8 Å². The Bertz CT molecular complexity index is 260. The van der Waals surface area contributed by atoms with Crippen LogP contribution >= 0.6 is 0 Å². The minimum atomic E-state index is -2.49. The standard InChI is InChI=1S/C9H11F2N/c1-6-3-2-4-7(5-6)8(12)9(10)11/h2-5,8-9H,12H2,1H3/t8-/m1/s1. The Morgan fingerprint density at radius 2 is 2.00 bits per heavy atom. The lowest BCUT2D eigenvalue weighted by Gasteiger charge is -2.10. The van der Waals surface area contributed by atoms with Gasteiger partial charge < -0.3 is 5.73 Å². The van der Waals surface area contributed by atoms with Crippen molar-refractivity contribution in [3.63, 3.8) is 0 Å². The van der Waals surface area contributed by atoms with Crippen LogP contribution in [0.1, 0.15) is 17.2 Å². The van der Waals surface area contributed by atoms with Crippen LogP contribution in [0.5, 0.6) is 0 Å². The molecule has 1 rings (SSSR count). The first kappa shape index (κ1) is 9.13. The smallest absolute Gasteiger partial charge is 0.257 e. The molecular weight excluding hydrogens is 160 g/mol. The van der Waals surface area contributed by atoms with Crippen LogP contribution in [0.15, 0.2) is 24.3 Å². The summed E-state index contributed by atoms with van der Waals surface area (Å²) in [5.74, 6) is 0. The van der Waals surface area contributed by atoms with Gasteiger partial charge in [0.25, 0.3) is 6.43 Å². The molecule has 0 radical (unpaired) electrons. The molecule has 1 aromatic carbocycles. The number of benzene rings is 1. The van der Waals surface area contributed by atoms with E-state index < -0.39 is 12.5 Å². The second kappa shape index (κ2) is 3.63. The second-order valence-electron chi connectivity index (χ2n) is 2.77. The van der Waals surface area contributed by atoms with E-state index in [1.807, 2.05) is 13.0 Å². The molecule has 0 saturated heterocycles. The van der Waals surface area contributed by atoms with Gasteiger partial charge in [-0.15, -0.1) is 0 Å². The molecule has 2 N–H and O–H groups in total. The van der Waals surface area contributed by atoms with E-state index in [4.69, 9.17) is 5.73 Å². The van der Waals surface area contributed by atoms with Gasteiger partial charge in [0.2, 0.25) is 0 Å². The number of rotatable bonds is 2. The van der Waals surface area contributed by atoms with E-state index in [1.165, 1.54) is 0 Å². The van der Waals surface area contributed by atoms with E-state index >= 15 is 0 Å². The van der Waals surface area contributed by atoms with Gasteiger partial charge in [0, 0.05) is 0 Å². The lowest BCUT2D eigenvalue weighted by Crippen LogP contribution is -2.18. The summed E-state index contributed by atoms with van der Waals surface area (Å²) >= 11 is 0. The summed E-state index contributed by atoms with van der Waals surface area (Å²) < 4.78 is 24.2. The van der Waals surface area contributed by atoms with Crippen LogP contribution in [0.3, 0.4) is 0 Å². The fourth-order valence-corrected chi connectivity index (χ4v) is 1.02. The maximum absolute atomic E-state index is 12.1. The molecule has 0 unspecified atom stereocenters. The minimum absolute atomic E-state index is 0.491. The molecule has 3 heteroatoms. The summed E-state index contributed by atoms with van der Waals surface area (Å²) in [6, 6.07) is 5.71. The quantitative estimate of drug-likeness (QED) is 0.725. The van der Waals surface area contributed by atoms with Crippen molar-refractivity contribution < 1.29 is 8.78 Å². The van der Waals surface area contributed by atoms with Crippen molar-refractivity contribution in [3.8, 4) is 0 Å². The summed E-state index contributed by atoms with van der Waals surface area (Å²) in [6.07, 6.45) is -2.49. The summed E-state index contributed by atoms with van der Waals surface area (Å²) in [6.45, 7) is 1.85. The average Bonchev–Trinajstić information content (AvgIpc) is 2.03. The number of aryl methyl sites for hydroxylation is 1. The van der Waals surface area contributed by atoms with Gasteiger partial charge in [-0.05, 0) is 12.5 Å². The van der Waals surface area contributed by atoms with Crippen LogP contribution in [0, 0.1) is 6.92 Å². The van der Waals surface area contributed by atoms with Crippen molar-refractivity contribution in [3.05, 3.63) is 35.4 Å². The van der Waals surface area contributed by atoms with Crippen LogP contribution < -0.4 is 5.73 Å². The van der Waals surface area contributed by atoms with Gasteiger partial charge in [0.15, 0.2) is 0 Å². The van der Waals surface area contributed by atoms with Crippen molar-refractivity contribution in [2.45, 2.75) is 19.4 Å². The molecular formula is C9H11F2N. The van der Waals surface area contributed by atoms with Crippen LogP contribution in [0.2, 0.25) is 0 Å². The number of hydrogen-bond donors (Lipinski definition) is 1.